The van der Waals surface area contributed by atoms with Gasteiger partial charge in [0.15, 0.2) is 61.8 Å². The molecule has 0 spiro atoms. The van der Waals surface area contributed by atoms with Crippen LogP contribution in [-0.4, -0.2) is 177 Å². The molecule has 5 saturated heterocycles. The quantitative estimate of drug-likeness (QED) is 0.114. The fraction of sp³-hybridized carbons (Fsp3) is 0.806. The van der Waals surface area contributed by atoms with Crippen molar-refractivity contribution in [3.63, 3.8) is 0 Å². The first-order valence-corrected chi connectivity index (χ1v) is 19.5. The van der Waals surface area contributed by atoms with Gasteiger partial charge in [0.05, 0.1) is 6.61 Å². The van der Waals surface area contributed by atoms with E-state index in [1.165, 1.54) is 6.92 Å². The van der Waals surface area contributed by atoms with Crippen molar-refractivity contribution in [2.45, 2.75) is 160 Å². The Kier molecular flexibility index (Phi) is 16.3. The Labute approximate surface area is 353 Å². The van der Waals surface area contributed by atoms with Gasteiger partial charge in [0.1, 0.15) is 55.7 Å². The highest BCUT2D eigenvalue weighted by atomic mass is 35.5. The van der Waals surface area contributed by atoms with E-state index in [1.54, 1.807) is 6.92 Å². The maximum absolute atomic E-state index is 12.4. The van der Waals surface area contributed by atoms with Crippen molar-refractivity contribution in [3.05, 3.63) is 0 Å². The third kappa shape index (κ3) is 12.2. The molecule has 17 atom stereocenters. The van der Waals surface area contributed by atoms with Crippen molar-refractivity contribution in [1.82, 2.24) is 0 Å². The van der Waals surface area contributed by atoms with Gasteiger partial charge in [0.25, 0.3) is 5.97 Å². The fourth-order valence-electron chi connectivity index (χ4n) is 7.23. The highest BCUT2D eigenvalue weighted by molar-refractivity contribution is 6.26. The SMILES string of the molecule is CC(=O)OC[C@H]1O[C@@H](O[C@H]2[C@H](O)[C@@H](CO[C@@]3(C)O[C@H]4O[C@H](COC(=O)CCl)[C@@H](OC(C)=O)[C@H](OC(C)=O)[C@H]4O3)O[C@@H]3O[C@H](C)O[C@@H]32)[C@H](OC(C)=O)[C@@H](OC(C)=O)[C@@H]1OC(C)=O. The van der Waals surface area contributed by atoms with Crippen LogP contribution in [0.4, 0.5) is 0 Å². The third-order valence-electron chi connectivity index (χ3n) is 9.44. The normalized spacial score (nSPS) is 39.1. The minimum Gasteiger partial charge on any atom is -0.463 e. The minimum atomic E-state index is -2.04. The van der Waals surface area contributed by atoms with Crippen molar-refractivity contribution in [1.29, 1.82) is 0 Å². The van der Waals surface area contributed by atoms with Crippen LogP contribution in [-0.2, 0) is 109 Å². The molecule has 0 aromatic heterocycles. The number of ether oxygens (including phenoxy) is 16. The number of hydrogen-bond acceptors (Lipinski definition) is 24. The topological polar surface area (TPSA) is 287 Å². The molecule has 24 nitrogen and oxygen atoms in total. The predicted octanol–water partition coefficient (Wildman–Crippen LogP) is -1.22. The van der Waals surface area contributed by atoms with Gasteiger partial charge in [-0.05, 0) is 6.92 Å². The molecular formula is C36H49ClO24. The smallest absolute Gasteiger partial charge is 0.320 e. The van der Waals surface area contributed by atoms with E-state index in [1.807, 2.05) is 0 Å². The van der Waals surface area contributed by atoms with Crippen LogP contribution in [0.15, 0.2) is 0 Å². The number of fused-ring (bicyclic) bond motifs is 2. The van der Waals surface area contributed by atoms with E-state index in [9.17, 15) is 38.7 Å². The lowest BCUT2D eigenvalue weighted by Gasteiger charge is -2.47. The molecule has 5 heterocycles. The molecule has 5 rings (SSSR count). The van der Waals surface area contributed by atoms with Crippen LogP contribution >= 0.6 is 11.6 Å². The highest BCUT2D eigenvalue weighted by Crippen LogP contribution is 2.41. The summed E-state index contributed by atoms with van der Waals surface area (Å²) in [6, 6.07) is 0. The van der Waals surface area contributed by atoms with Crippen LogP contribution in [0.25, 0.3) is 0 Å². The maximum Gasteiger partial charge on any atom is 0.320 e. The van der Waals surface area contributed by atoms with Crippen LogP contribution in [0.5, 0.6) is 0 Å². The average Bonchev–Trinajstić information content (AvgIpc) is 3.70. The molecule has 0 unspecified atom stereocenters. The zero-order valence-electron chi connectivity index (χ0n) is 34.3. The van der Waals surface area contributed by atoms with E-state index < -0.39 is 172 Å². The standard InChI is InChI=1S/C36H49ClO24/c1-13(38)46-10-21-25(49-14(2)39)28(51-16(4)41)31(53-18(6)43)34(57-21)59-27-24(45)20(56-33-30(27)54-19(7)55-33)12-48-36(8)60-32-29(52-17(5)42)26(50-15(3)40)22(58-35(32)61-36)11-47-23(44)9-37/h19-22,24-35,45H,9-12H2,1-8H3/t19-,20-,21-,22-,24-,25-,26-,27+,28+,29+,30-,31-,32-,33+,34+,35-,36-/m1/s1. The average molecular weight is 901 g/mol. The first kappa shape index (κ1) is 48.2. The Morgan fingerprint density at radius 1 is 0.557 bits per heavy atom. The van der Waals surface area contributed by atoms with Crippen molar-refractivity contribution in [3.8, 4) is 0 Å². The van der Waals surface area contributed by atoms with Gasteiger partial charge in [-0.2, -0.15) is 0 Å². The van der Waals surface area contributed by atoms with Gasteiger partial charge < -0.3 is 76.2 Å². The third-order valence-corrected chi connectivity index (χ3v) is 9.65. The zero-order chi connectivity index (χ0) is 44.9. The minimum absolute atomic E-state index is 0.489. The van der Waals surface area contributed by atoms with Crippen molar-refractivity contribution in [2.75, 3.05) is 25.7 Å². The second-order valence-corrected chi connectivity index (χ2v) is 14.7. The molecule has 0 bridgehead atoms. The van der Waals surface area contributed by atoms with E-state index in [0.29, 0.717) is 0 Å². The number of alkyl halides is 1. The Bertz CT molecular complexity index is 1630. The molecule has 344 valence electrons. The lowest BCUT2D eigenvalue weighted by atomic mass is 9.96. The summed E-state index contributed by atoms with van der Waals surface area (Å²) < 4.78 is 91.6. The van der Waals surface area contributed by atoms with E-state index in [4.69, 9.17) is 87.4 Å². The second-order valence-electron chi connectivity index (χ2n) is 14.4. The lowest BCUT2D eigenvalue weighted by Crippen LogP contribution is -2.66. The van der Waals surface area contributed by atoms with E-state index >= 15 is 0 Å². The van der Waals surface area contributed by atoms with Crippen molar-refractivity contribution in [2.24, 2.45) is 0 Å². The fourth-order valence-corrected chi connectivity index (χ4v) is 7.30. The maximum atomic E-state index is 12.4. The van der Waals surface area contributed by atoms with E-state index in [0.717, 1.165) is 41.5 Å². The summed E-state index contributed by atoms with van der Waals surface area (Å²) in [5.41, 5.74) is 0. The van der Waals surface area contributed by atoms with Crippen LogP contribution in [0.2, 0.25) is 0 Å². The van der Waals surface area contributed by atoms with Gasteiger partial charge >= 0.3 is 41.8 Å². The molecule has 0 aromatic carbocycles. The molecular weight excluding hydrogens is 852 g/mol. The largest absolute Gasteiger partial charge is 0.463 e. The Morgan fingerprint density at radius 3 is 1.67 bits per heavy atom. The zero-order valence-corrected chi connectivity index (χ0v) is 35.0. The summed E-state index contributed by atoms with van der Waals surface area (Å²) in [6.45, 7) is 7.78. The number of halogens is 1. The number of aliphatic hydroxyl groups excluding tert-OH is 1. The van der Waals surface area contributed by atoms with Gasteiger partial charge in [-0.15, -0.1) is 11.6 Å². The van der Waals surface area contributed by atoms with Crippen molar-refractivity contribution < 1.29 is 114 Å². The Balaban J connectivity index is 1.39. The first-order chi connectivity index (χ1) is 28.7. The van der Waals surface area contributed by atoms with Crippen LogP contribution in [0.1, 0.15) is 55.4 Å². The number of aliphatic hydroxyl groups is 1. The van der Waals surface area contributed by atoms with Crippen LogP contribution < -0.4 is 0 Å². The molecule has 5 aliphatic heterocycles. The monoisotopic (exact) mass is 900 g/mol. The Hall–Kier alpha value is -3.82. The van der Waals surface area contributed by atoms with Crippen LogP contribution in [0, 0.1) is 0 Å². The summed E-state index contributed by atoms with van der Waals surface area (Å²) in [5, 5.41) is 11.9. The number of esters is 7. The van der Waals surface area contributed by atoms with E-state index in [2.05, 4.69) is 0 Å². The summed E-state index contributed by atoms with van der Waals surface area (Å²) in [6.07, 6.45) is -22.2. The molecule has 25 heteroatoms. The Morgan fingerprint density at radius 2 is 1.08 bits per heavy atom. The molecule has 0 aromatic rings. The number of carbonyl (C=O) groups excluding carboxylic acids is 7. The van der Waals surface area contributed by atoms with Crippen LogP contribution in [0.3, 0.4) is 0 Å². The number of hydrogen-bond donors (Lipinski definition) is 1. The van der Waals surface area contributed by atoms with Gasteiger partial charge in [0.2, 0.25) is 0 Å². The summed E-state index contributed by atoms with van der Waals surface area (Å²) in [4.78, 5) is 85.0. The second kappa shape index (κ2) is 20.6. The van der Waals surface area contributed by atoms with Gasteiger partial charge in [-0.1, -0.05) is 0 Å². The van der Waals surface area contributed by atoms with Crippen molar-refractivity contribution >= 4 is 53.4 Å². The predicted molar refractivity (Wildman–Crippen MR) is 189 cm³/mol. The summed E-state index contributed by atoms with van der Waals surface area (Å²) >= 11 is 5.56. The first-order valence-electron chi connectivity index (χ1n) is 19.0. The highest BCUT2D eigenvalue weighted by Gasteiger charge is 2.61. The molecule has 0 radical (unpaired) electrons. The molecule has 0 amide bonds. The van der Waals surface area contributed by atoms with E-state index in [-0.39, 0.29) is 0 Å². The van der Waals surface area contributed by atoms with Gasteiger partial charge in [0, 0.05) is 48.5 Å². The lowest BCUT2D eigenvalue weighted by molar-refractivity contribution is -0.369. The molecule has 61 heavy (non-hydrogen) atoms. The molecule has 0 saturated carbocycles. The molecule has 0 aliphatic carbocycles. The van der Waals surface area contributed by atoms with Gasteiger partial charge in [-0.25, -0.2) is 0 Å². The number of rotatable bonds is 15. The molecule has 5 fully saturated rings. The van der Waals surface area contributed by atoms with Gasteiger partial charge in [-0.3, -0.25) is 38.3 Å². The number of carbonyl (C=O) groups is 7. The molecule has 5 aliphatic rings. The molecule has 1 N–H and O–H groups in total. The summed E-state index contributed by atoms with van der Waals surface area (Å²) in [7, 11) is 0. The summed E-state index contributed by atoms with van der Waals surface area (Å²) in [5.74, 6) is -8.27.